The molecule has 0 spiro atoms. The van der Waals surface area contributed by atoms with Crippen molar-refractivity contribution in [1.29, 1.82) is 0 Å². The number of carbonyl (C=O) groups is 1. The summed E-state index contributed by atoms with van der Waals surface area (Å²) in [4.78, 5) is 43.3. The van der Waals surface area contributed by atoms with Gasteiger partial charge in [-0.05, 0) is 45.7 Å². The highest BCUT2D eigenvalue weighted by molar-refractivity contribution is 5.93. The summed E-state index contributed by atoms with van der Waals surface area (Å²) in [6.07, 6.45) is 0. The highest BCUT2D eigenvalue weighted by atomic mass is 16.2. The molecule has 0 saturated carbocycles. The molecule has 0 amide bonds. The predicted molar refractivity (Wildman–Crippen MR) is 120 cm³/mol. The monoisotopic (exact) mass is 422 g/mol. The molecule has 0 unspecified atom stereocenters. The van der Waals surface area contributed by atoms with E-state index in [1.807, 2.05) is 45.0 Å². The van der Waals surface area contributed by atoms with Crippen LogP contribution in [-0.2, 0) is 18.4 Å². The number of aromatic nitrogens is 4. The molecule has 0 aliphatic carbocycles. The first kappa shape index (κ1) is 20.8. The topological polar surface area (TPSA) is 94.5 Å². The van der Waals surface area contributed by atoms with Gasteiger partial charge in [0.25, 0.3) is 5.56 Å². The molecule has 2 aromatic heterocycles. The largest absolute Gasteiger partial charge is 0.332 e. The van der Waals surface area contributed by atoms with Crippen LogP contribution in [0.15, 0.2) is 39.0 Å². The molecule has 3 aromatic rings. The van der Waals surface area contributed by atoms with Crippen LogP contribution in [0.25, 0.3) is 11.2 Å². The third-order valence-electron chi connectivity index (χ3n) is 6.16. The van der Waals surface area contributed by atoms with E-state index in [1.54, 1.807) is 18.5 Å². The Kier molecular flexibility index (Phi) is 4.91. The van der Waals surface area contributed by atoms with E-state index in [0.29, 0.717) is 11.5 Å². The summed E-state index contributed by atoms with van der Waals surface area (Å²) in [5.74, 6) is 0.312. The van der Waals surface area contributed by atoms with Crippen molar-refractivity contribution in [2.24, 2.45) is 12.1 Å². The normalized spacial score (nSPS) is 16.9. The molecule has 9 nitrogen and oxygen atoms in total. The molecule has 1 aliphatic rings. The van der Waals surface area contributed by atoms with Gasteiger partial charge < -0.3 is 0 Å². The van der Waals surface area contributed by atoms with Crippen molar-refractivity contribution >= 4 is 28.6 Å². The third kappa shape index (κ3) is 3.11. The van der Waals surface area contributed by atoms with Gasteiger partial charge in [-0.3, -0.25) is 23.3 Å². The van der Waals surface area contributed by atoms with Crippen molar-refractivity contribution in [1.82, 2.24) is 18.7 Å². The molecule has 0 N–H and O–H groups in total. The molecular formula is C22H26N6O3. The van der Waals surface area contributed by atoms with Crippen molar-refractivity contribution in [3.8, 4) is 0 Å². The molecule has 0 saturated heterocycles. The minimum atomic E-state index is -0.552. The predicted octanol–water partition coefficient (Wildman–Crippen LogP) is 1.99. The molecule has 0 radical (unpaired) electrons. The molecule has 162 valence electrons. The van der Waals surface area contributed by atoms with Gasteiger partial charge in [-0.15, -0.1) is 0 Å². The second-order valence-corrected chi connectivity index (χ2v) is 8.16. The Hall–Kier alpha value is -3.49. The Morgan fingerprint density at radius 2 is 1.87 bits per heavy atom. The summed E-state index contributed by atoms with van der Waals surface area (Å²) < 4.78 is 4.42. The van der Waals surface area contributed by atoms with Gasteiger partial charge in [0.15, 0.2) is 16.9 Å². The number of benzene rings is 1. The fourth-order valence-electron chi connectivity index (χ4n) is 3.87. The third-order valence-corrected chi connectivity index (χ3v) is 6.16. The minimum Gasteiger partial charge on any atom is -0.298 e. The molecule has 2 atom stereocenters. The van der Waals surface area contributed by atoms with Crippen molar-refractivity contribution in [2.45, 2.75) is 53.2 Å². The van der Waals surface area contributed by atoms with Gasteiger partial charge in [-0.2, -0.15) is 10.1 Å². The van der Waals surface area contributed by atoms with Crippen molar-refractivity contribution in [3.05, 3.63) is 56.2 Å². The smallest absolute Gasteiger partial charge is 0.298 e. The number of aryl methyl sites for hydroxylation is 2. The van der Waals surface area contributed by atoms with Crippen LogP contribution in [-0.4, -0.2) is 36.2 Å². The molecular weight excluding hydrogens is 396 g/mol. The summed E-state index contributed by atoms with van der Waals surface area (Å²) in [7, 11) is 1.61. The number of hydrogen-bond acceptors (Lipinski definition) is 6. The van der Waals surface area contributed by atoms with E-state index in [0.717, 1.165) is 16.8 Å². The van der Waals surface area contributed by atoms with E-state index >= 15 is 0 Å². The van der Waals surface area contributed by atoms with Crippen molar-refractivity contribution < 1.29 is 4.79 Å². The summed E-state index contributed by atoms with van der Waals surface area (Å²) in [6.45, 7) is 9.14. The number of hydrazone groups is 1. The van der Waals surface area contributed by atoms with Crippen LogP contribution in [0.4, 0.5) is 5.95 Å². The Labute approximate surface area is 179 Å². The molecule has 0 fully saturated rings. The standard InChI is InChI=1S/C22H26N6O3/c1-12-9-7-8-10-17(12)11-26-20(30)18-19(25(6)22(26)31)23-21-27(18)14(3)13(2)24-28(21)15(4)16(5)29/h7-10,14-15H,11H2,1-6H3/t14-,15+/m0/s1. The number of rotatable bonds is 4. The van der Waals surface area contributed by atoms with Crippen molar-refractivity contribution in [3.63, 3.8) is 0 Å². The highest BCUT2D eigenvalue weighted by Crippen LogP contribution is 2.31. The first-order chi connectivity index (χ1) is 14.6. The number of hydrogen-bond donors (Lipinski definition) is 0. The summed E-state index contributed by atoms with van der Waals surface area (Å²) >= 11 is 0. The molecule has 0 bridgehead atoms. The molecule has 9 heteroatoms. The van der Waals surface area contributed by atoms with Gasteiger partial charge in [-0.1, -0.05) is 24.3 Å². The summed E-state index contributed by atoms with van der Waals surface area (Å²) in [6, 6.07) is 6.88. The number of imidazole rings is 1. The highest BCUT2D eigenvalue weighted by Gasteiger charge is 2.33. The maximum Gasteiger partial charge on any atom is 0.332 e. The Morgan fingerprint density at radius 1 is 1.19 bits per heavy atom. The van der Waals surface area contributed by atoms with E-state index in [4.69, 9.17) is 0 Å². The Balaban J connectivity index is 2.01. The minimum absolute atomic E-state index is 0.0736. The fraction of sp³-hybridized carbons (Fsp3) is 0.409. The molecule has 4 rings (SSSR count). The number of carbonyl (C=O) groups excluding carboxylic acids is 1. The van der Waals surface area contributed by atoms with E-state index in [-0.39, 0.29) is 24.0 Å². The average Bonchev–Trinajstić information content (AvgIpc) is 3.14. The number of ketones is 1. The van der Waals surface area contributed by atoms with E-state index in [1.165, 1.54) is 21.1 Å². The maximum absolute atomic E-state index is 13.6. The van der Waals surface area contributed by atoms with Crippen LogP contribution in [0, 0.1) is 6.92 Å². The van der Waals surface area contributed by atoms with Gasteiger partial charge in [0.05, 0.1) is 18.3 Å². The van der Waals surface area contributed by atoms with Gasteiger partial charge in [0.1, 0.15) is 6.04 Å². The van der Waals surface area contributed by atoms with Crippen LogP contribution in [0.5, 0.6) is 0 Å². The zero-order valence-corrected chi connectivity index (χ0v) is 18.6. The van der Waals surface area contributed by atoms with Gasteiger partial charge in [0, 0.05) is 7.05 Å². The average molecular weight is 422 g/mol. The lowest BCUT2D eigenvalue weighted by molar-refractivity contribution is -0.118. The van der Waals surface area contributed by atoms with Gasteiger partial charge in [0.2, 0.25) is 5.95 Å². The van der Waals surface area contributed by atoms with Crippen LogP contribution >= 0.6 is 0 Å². The van der Waals surface area contributed by atoms with Crippen LogP contribution in [0.2, 0.25) is 0 Å². The second kappa shape index (κ2) is 7.33. The molecule has 1 aromatic carbocycles. The maximum atomic E-state index is 13.6. The zero-order chi connectivity index (χ0) is 22.6. The lowest BCUT2D eigenvalue weighted by atomic mass is 10.1. The number of fused-ring (bicyclic) bond motifs is 3. The first-order valence-electron chi connectivity index (χ1n) is 10.2. The van der Waals surface area contributed by atoms with Gasteiger partial charge in [-0.25, -0.2) is 9.80 Å². The van der Waals surface area contributed by atoms with Crippen LogP contribution < -0.4 is 16.3 Å². The van der Waals surface area contributed by atoms with Crippen LogP contribution in [0.3, 0.4) is 0 Å². The Morgan fingerprint density at radius 3 is 2.52 bits per heavy atom. The van der Waals surface area contributed by atoms with Crippen LogP contribution in [0.1, 0.15) is 44.9 Å². The van der Waals surface area contributed by atoms with Crippen molar-refractivity contribution in [2.75, 3.05) is 5.01 Å². The number of Topliss-reactive ketones (excluding diaryl/α,β-unsaturated/α-hetero) is 1. The second-order valence-electron chi connectivity index (χ2n) is 8.16. The quantitative estimate of drug-likeness (QED) is 0.641. The lowest BCUT2D eigenvalue weighted by Gasteiger charge is -2.31. The molecule has 31 heavy (non-hydrogen) atoms. The SMILES string of the molecule is CC(=O)[C@@H](C)N1N=C(C)[C@H](C)n2c1nc1c2c(=O)n(Cc2ccccc2C)c(=O)n1C. The van der Waals surface area contributed by atoms with Gasteiger partial charge >= 0.3 is 5.69 Å². The molecule has 1 aliphatic heterocycles. The lowest BCUT2D eigenvalue weighted by Crippen LogP contribution is -2.42. The van der Waals surface area contributed by atoms with E-state index in [2.05, 4.69) is 10.1 Å². The molecule has 3 heterocycles. The Bertz CT molecular complexity index is 1360. The number of anilines is 1. The first-order valence-corrected chi connectivity index (χ1v) is 10.2. The van der Waals surface area contributed by atoms with E-state index < -0.39 is 17.3 Å². The summed E-state index contributed by atoms with van der Waals surface area (Å²) in [5, 5.41) is 6.09. The fourth-order valence-corrected chi connectivity index (χ4v) is 3.87. The zero-order valence-electron chi connectivity index (χ0n) is 18.6. The van der Waals surface area contributed by atoms with E-state index in [9.17, 15) is 14.4 Å². The summed E-state index contributed by atoms with van der Waals surface area (Å²) in [5.41, 5.74) is 2.42. The number of nitrogens with zero attached hydrogens (tertiary/aromatic N) is 6.